The van der Waals surface area contributed by atoms with E-state index in [1.165, 1.54) is 23.0 Å². The standard InChI is InChI=1S/2C5H11S.Be/c2*1-3-5-6-4-2;/h2*1,3-5H2,2H3;/q2*-1;+2. The average molecular weight is 215 g/mol. The smallest absolute Gasteiger partial charge is 0.343 e. The number of hydrogen-bond donors (Lipinski definition) is 0. The minimum atomic E-state index is 0. The fourth-order valence-electron chi connectivity index (χ4n) is 0.493. The van der Waals surface area contributed by atoms with Gasteiger partial charge in [0.1, 0.15) is 0 Å². The SMILES string of the molecule is [Be+2].[CH2-]CCSCC.[CH2-]CCSCC. The van der Waals surface area contributed by atoms with Crippen molar-refractivity contribution in [1.82, 2.24) is 0 Å². The van der Waals surface area contributed by atoms with Crippen molar-refractivity contribution in [1.29, 1.82) is 0 Å². The summed E-state index contributed by atoms with van der Waals surface area (Å²) in [7, 11) is 0. The third-order valence-corrected chi connectivity index (χ3v) is 2.96. The first-order valence-corrected chi connectivity index (χ1v) is 6.88. The van der Waals surface area contributed by atoms with E-state index in [4.69, 9.17) is 0 Å². The Morgan fingerprint density at radius 2 is 1.15 bits per heavy atom. The molecular formula is C10H22BeS2. The summed E-state index contributed by atoms with van der Waals surface area (Å²) in [6.07, 6.45) is 2.14. The van der Waals surface area contributed by atoms with Crippen molar-refractivity contribution in [2.24, 2.45) is 0 Å². The van der Waals surface area contributed by atoms with Crippen LogP contribution in [0, 0.1) is 13.8 Å². The van der Waals surface area contributed by atoms with Crippen molar-refractivity contribution in [3.8, 4) is 0 Å². The normalized spacial score (nSPS) is 8.31. The van der Waals surface area contributed by atoms with E-state index in [1.54, 1.807) is 0 Å². The summed E-state index contributed by atoms with van der Waals surface area (Å²) in [4.78, 5) is 0. The van der Waals surface area contributed by atoms with Crippen molar-refractivity contribution in [3.63, 3.8) is 0 Å². The number of hydrogen-bond acceptors (Lipinski definition) is 2. The molecule has 0 bridgehead atoms. The van der Waals surface area contributed by atoms with Crippen LogP contribution >= 0.6 is 23.5 Å². The van der Waals surface area contributed by atoms with Crippen molar-refractivity contribution < 1.29 is 0 Å². The van der Waals surface area contributed by atoms with Gasteiger partial charge in [0.2, 0.25) is 0 Å². The maximum Gasteiger partial charge on any atom is 2.00 e. The van der Waals surface area contributed by atoms with Crippen LogP contribution in [0.5, 0.6) is 0 Å². The molecule has 3 heteroatoms. The van der Waals surface area contributed by atoms with Crippen LogP contribution in [0.1, 0.15) is 26.7 Å². The molecule has 0 saturated carbocycles. The Balaban J connectivity index is -0.000000143. The molecule has 0 unspecified atom stereocenters. The van der Waals surface area contributed by atoms with Crippen LogP contribution in [0.15, 0.2) is 0 Å². The van der Waals surface area contributed by atoms with E-state index in [1.807, 2.05) is 23.5 Å². The predicted molar refractivity (Wildman–Crippen MR) is 71.7 cm³/mol. The van der Waals surface area contributed by atoms with Crippen LogP contribution in [-0.2, 0) is 0 Å². The third-order valence-electron chi connectivity index (χ3n) is 0.986. The molecule has 0 aliphatic rings. The Labute approximate surface area is 97.2 Å². The molecule has 0 rings (SSSR count). The fourth-order valence-corrected chi connectivity index (χ4v) is 1.48. The Bertz CT molecular complexity index is 44.9. The molecule has 0 N–H and O–H groups in total. The maximum atomic E-state index is 3.70. The molecule has 0 nitrogen and oxygen atoms in total. The average Bonchev–Trinajstić information content (AvgIpc) is 2.12. The van der Waals surface area contributed by atoms with E-state index in [-0.39, 0.29) is 10.1 Å². The van der Waals surface area contributed by atoms with Crippen LogP contribution in [0.25, 0.3) is 0 Å². The summed E-state index contributed by atoms with van der Waals surface area (Å²) in [5.41, 5.74) is 0. The first-order chi connectivity index (χ1) is 5.83. The van der Waals surface area contributed by atoms with Gasteiger partial charge in [-0.15, -0.1) is 0 Å². The molecule has 0 saturated heterocycles. The fraction of sp³-hybridized carbons (Fsp3) is 0.800. The topological polar surface area (TPSA) is 0 Å². The van der Waals surface area contributed by atoms with Gasteiger partial charge in [0.05, 0.1) is 0 Å². The van der Waals surface area contributed by atoms with Gasteiger partial charge < -0.3 is 13.8 Å². The van der Waals surface area contributed by atoms with E-state index >= 15 is 0 Å². The second-order valence-corrected chi connectivity index (χ2v) is 4.89. The molecule has 0 amide bonds. The Morgan fingerprint density at radius 1 is 0.846 bits per heavy atom. The van der Waals surface area contributed by atoms with Gasteiger partial charge in [-0.3, -0.25) is 0 Å². The zero-order valence-electron chi connectivity index (χ0n) is 9.18. The summed E-state index contributed by atoms with van der Waals surface area (Å²) in [6.45, 7) is 11.7. The molecule has 0 aliphatic heterocycles. The summed E-state index contributed by atoms with van der Waals surface area (Å²) >= 11 is 3.89. The minimum Gasteiger partial charge on any atom is -0.343 e. The molecule has 0 aromatic heterocycles. The second-order valence-electron chi connectivity index (χ2n) is 2.10. The van der Waals surface area contributed by atoms with Crippen molar-refractivity contribution in [2.75, 3.05) is 23.0 Å². The van der Waals surface area contributed by atoms with Gasteiger partial charge in [-0.25, -0.2) is 0 Å². The monoisotopic (exact) mass is 215 g/mol. The minimum absolute atomic E-state index is 0. The molecule has 0 aromatic rings. The third kappa shape index (κ3) is 32.2. The molecule has 0 spiro atoms. The summed E-state index contributed by atoms with van der Waals surface area (Å²) in [5, 5.41) is 0. The van der Waals surface area contributed by atoms with Gasteiger partial charge in [-0.05, 0) is 23.0 Å². The molecule has 76 valence electrons. The second kappa shape index (κ2) is 23.0. The zero-order chi connectivity index (χ0) is 9.66. The van der Waals surface area contributed by atoms with Crippen molar-refractivity contribution in [2.45, 2.75) is 26.7 Å². The van der Waals surface area contributed by atoms with Gasteiger partial charge in [-0.2, -0.15) is 36.4 Å². The Kier molecular flexibility index (Phi) is 34.5. The predicted octanol–water partition coefficient (Wildman–Crippen LogP) is 3.55. The largest absolute Gasteiger partial charge is 2.00 e. The van der Waals surface area contributed by atoms with Gasteiger partial charge >= 0.3 is 10.1 Å². The van der Waals surface area contributed by atoms with Crippen molar-refractivity contribution >= 4 is 33.6 Å². The molecule has 0 heterocycles. The van der Waals surface area contributed by atoms with Crippen LogP contribution in [0.3, 0.4) is 0 Å². The molecule has 0 atom stereocenters. The van der Waals surface area contributed by atoms with E-state index in [0.29, 0.717) is 0 Å². The molecular weight excluding hydrogens is 193 g/mol. The van der Waals surface area contributed by atoms with Gasteiger partial charge in [0.15, 0.2) is 0 Å². The quantitative estimate of drug-likeness (QED) is 0.377. The molecule has 0 aliphatic carbocycles. The zero-order valence-corrected chi connectivity index (χ0v) is 10.8. The van der Waals surface area contributed by atoms with E-state index in [9.17, 15) is 0 Å². The van der Waals surface area contributed by atoms with Crippen LogP contribution in [-0.4, -0.2) is 33.1 Å². The molecule has 13 heavy (non-hydrogen) atoms. The van der Waals surface area contributed by atoms with E-state index in [0.717, 1.165) is 12.8 Å². The van der Waals surface area contributed by atoms with Crippen LogP contribution in [0.4, 0.5) is 0 Å². The summed E-state index contributed by atoms with van der Waals surface area (Å²) in [6, 6.07) is 0. The first-order valence-electron chi connectivity index (χ1n) is 4.57. The maximum absolute atomic E-state index is 3.70. The summed E-state index contributed by atoms with van der Waals surface area (Å²) in [5.74, 6) is 4.90. The molecule has 0 radical (unpaired) electrons. The number of rotatable bonds is 6. The van der Waals surface area contributed by atoms with Gasteiger partial charge in [-0.1, -0.05) is 13.8 Å². The van der Waals surface area contributed by atoms with Gasteiger partial charge in [0.25, 0.3) is 0 Å². The van der Waals surface area contributed by atoms with Crippen LogP contribution in [0.2, 0.25) is 0 Å². The Hall–Kier alpha value is 0.869. The van der Waals surface area contributed by atoms with Crippen LogP contribution < -0.4 is 0 Å². The number of thioether (sulfide) groups is 2. The van der Waals surface area contributed by atoms with E-state index < -0.39 is 0 Å². The first kappa shape index (κ1) is 19.4. The van der Waals surface area contributed by atoms with Crippen molar-refractivity contribution in [3.05, 3.63) is 13.8 Å². The van der Waals surface area contributed by atoms with Gasteiger partial charge in [0, 0.05) is 0 Å². The van der Waals surface area contributed by atoms with E-state index in [2.05, 4.69) is 27.7 Å². The Morgan fingerprint density at radius 3 is 1.23 bits per heavy atom. The summed E-state index contributed by atoms with van der Waals surface area (Å²) < 4.78 is 0. The molecule has 0 aromatic carbocycles. The molecule has 0 fully saturated rings.